The van der Waals surface area contributed by atoms with Crippen molar-refractivity contribution in [2.75, 3.05) is 26.2 Å². The van der Waals surface area contributed by atoms with Gasteiger partial charge in [-0.1, -0.05) is 0 Å². The number of carbonyl (C=O) groups is 2. The lowest BCUT2D eigenvalue weighted by Gasteiger charge is -2.21. The Kier molecular flexibility index (Phi) is 5.60. The molecule has 110 valence electrons. The molecule has 0 spiro atoms. The Morgan fingerprint density at radius 3 is 2.63 bits per heavy atom. The van der Waals surface area contributed by atoms with E-state index in [1.807, 2.05) is 25.7 Å². The zero-order valence-corrected chi connectivity index (χ0v) is 12.2. The quantitative estimate of drug-likeness (QED) is 0.778. The minimum absolute atomic E-state index is 0.0317. The van der Waals surface area contributed by atoms with Gasteiger partial charge in [0.05, 0.1) is 13.2 Å². The third-order valence-electron chi connectivity index (χ3n) is 2.65. The number of hydrogen-bond acceptors (Lipinski definition) is 5. The molecule has 1 aliphatic rings. The van der Waals surface area contributed by atoms with Gasteiger partial charge in [0.2, 0.25) is 0 Å². The Hall–Kier alpha value is -1.30. The zero-order valence-electron chi connectivity index (χ0n) is 12.2. The van der Waals surface area contributed by atoms with Crippen molar-refractivity contribution >= 4 is 12.1 Å². The summed E-state index contributed by atoms with van der Waals surface area (Å²) >= 11 is 0. The van der Waals surface area contributed by atoms with Crippen molar-refractivity contribution < 1.29 is 19.1 Å². The monoisotopic (exact) mass is 272 g/mol. The van der Waals surface area contributed by atoms with Crippen molar-refractivity contribution in [2.45, 2.75) is 45.8 Å². The van der Waals surface area contributed by atoms with E-state index in [1.165, 1.54) is 0 Å². The van der Waals surface area contributed by atoms with Gasteiger partial charge in [0, 0.05) is 19.1 Å². The second-order valence-corrected chi connectivity index (χ2v) is 5.67. The molecule has 1 amide bonds. The molecule has 1 fully saturated rings. The standard InChI is InChI=1S/C13H24N2O4/c1-5-18-11(16)9-15-7-6-10(8-15)14-12(17)19-13(2,3)4/h10H,5-9H2,1-4H3,(H,14,17). The summed E-state index contributed by atoms with van der Waals surface area (Å²) in [6.45, 7) is 9.37. The normalized spacial score (nSPS) is 20.1. The number of amides is 1. The highest BCUT2D eigenvalue weighted by molar-refractivity contribution is 5.71. The number of ether oxygens (including phenoxy) is 2. The Balaban J connectivity index is 2.28. The summed E-state index contributed by atoms with van der Waals surface area (Å²) in [5.41, 5.74) is -0.493. The average molecular weight is 272 g/mol. The van der Waals surface area contributed by atoms with E-state index in [1.54, 1.807) is 6.92 Å². The van der Waals surface area contributed by atoms with Crippen LogP contribution in [0.3, 0.4) is 0 Å². The Morgan fingerprint density at radius 1 is 1.37 bits per heavy atom. The van der Waals surface area contributed by atoms with Crippen LogP contribution in [0.5, 0.6) is 0 Å². The summed E-state index contributed by atoms with van der Waals surface area (Å²) in [6.07, 6.45) is 0.411. The molecule has 6 nitrogen and oxygen atoms in total. The fourth-order valence-corrected chi connectivity index (χ4v) is 1.96. The first-order valence-corrected chi connectivity index (χ1v) is 6.67. The van der Waals surface area contributed by atoms with E-state index in [2.05, 4.69) is 5.32 Å². The molecule has 1 rings (SSSR count). The molecule has 1 heterocycles. The lowest BCUT2D eigenvalue weighted by molar-refractivity contribution is -0.144. The van der Waals surface area contributed by atoms with Crippen LogP contribution in [0.2, 0.25) is 0 Å². The number of nitrogens with one attached hydrogen (secondary N) is 1. The number of rotatable bonds is 4. The molecular formula is C13H24N2O4. The van der Waals surface area contributed by atoms with Crippen LogP contribution in [0.25, 0.3) is 0 Å². The molecule has 1 N–H and O–H groups in total. The molecule has 1 saturated heterocycles. The zero-order chi connectivity index (χ0) is 14.5. The van der Waals surface area contributed by atoms with Crippen LogP contribution in [0.15, 0.2) is 0 Å². The lowest BCUT2D eigenvalue weighted by Crippen LogP contribution is -2.41. The highest BCUT2D eigenvalue weighted by atomic mass is 16.6. The second kappa shape index (κ2) is 6.75. The Bertz CT molecular complexity index is 325. The van der Waals surface area contributed by atoms with Crippen molar-refractivity contribution in [3.63, 3.8) is 0 Å². The number of hydrogen-bond donors (Lipinski definition) is 1. The predicted molar refractivity (Wildman–Crippen MR) is 70.8 cm³/mol. The van der Waals surface area contributed by atoms with Crippen LogP contribution in [-0.2, 0) is 14.3 Å². The average Bonchev–Trinajstić information content (AvgIpc) is 2.62. The van der Waals surface area contributed by atoms with Gasteiger partial charge in [0.1, 0.15) is 5.60 Å². The topological polar surface area (TPSA) is 67.9 Å². The van der Waals surface area contributed by atoms with Crippen molar-refractivity contribution in [2.24, 2.45) is 0 Å². The van der Waals surface area contributed by atoms with Gasteiger partial charge in [0.25, 0.3) is 0 Å². The molecule has 0 saturated carbocycles. The number of alkyl carbamates (subject to hydrolysis) is 1. The smallest absolute Gasteiger partial charge is 0.407 e. The molecular weight excluding hydrogens is 248 g/mol. The van der Waals surface area contributed by atoms with Crippen LogP contribution >= 0.6 is 0 Å². The van der Waals surface area contributed by atoms with E-state index >= 15 is 0 Å². The minimum atomic E-state index is -0.493. The SMILES string of the molecule is CCOC(=O)CN1CCC(NC(=O)OC(C)(C)C)C1. The molecule has 0 aliphatic carbocycles. The van der Waals surface area contributed by atoms with Crippen LogP contribution in [0.1, 0.15) is 34.1 Å². The van der Waals surface area contributed by atoms with E-state index in [9.17, 15) is 9.59 Å². The summed E-state index contributed by atoms with van der Waals surface area (Å²) in [7, 11) is 0. The molecule has 1 atom stereocenters. The molecule has 0 aromatic rings. The maximum Gasteiger partial charge on any atom is 0.407 e. The van der Waals surface area contributed by atoms with E-state index < -0.39 is 11.7 Å². The maximum absolute atomic E-state index is 11.6. The number of carbonyl (C=O) groups excluding carboxylic acids is 2. The summed E-state index contributed by atoms with van der Waals surface area (Å²) in [4.78, 5) is 24.9. The van der Waals surface area contributed by atoms with Gasteiger partial charge < -0.3 is 14.8 Å². The van der Waals surface area contributed by atoms with Gasteiger partial charge in [-0.15, -0.1) is 0 Å². The number of likely N-dealkylation sites (tertiary alicyclic amines) is 1. The molecule has 0 bridgehead atoms. The molecule has 19 heavy (non-hydrogen) atoms. The van der Waals surface area contributed by atoms with E-state index in [0.29, 0.717) is 13.2 Å². The predicted octanol–water partition coefficient (Wildman–Crippen LogP) is 1.15. The summed E-state index contributed by atoms with van der Waals surface area (Å²) in [5, 5.41) is 2.82. The van der Waals surface area contributed by atoms with Crippen LogP contribution in [-0.4, -0.2) is 54.8 Å². The van der Waals surface area contributed by atoms with Crippen molar-refractivity contribution in [1.82, 2.24) is 10.2 Å². The second-order valence-electron chi connectivity index (χ2n) is 5.67. The first-order valence-electron chi connectivity index (χ1n) is 6.67. The first kappa shape index (κ1) is 15.8. The summed E-state index contributed by atoms with van der Waals surface area (Å²) in [6, 6.07) is 0.0317. The number of nitrogens with zero attached hydrogens (tertiary/aromatic N) is 1. The van der Waals surface area contributed by atoms with Gasteiger partial charge in [0.15, 0.2) is 0 Å². The Morgan fingerprint density at radius 2 is 2.05 bits per heavy atom. The molecule has 0 aromatic heterocycles. The molecule has 6 heteroatoms. The highest BCUT2D eigenvalue weighted by Crippen LogP contribution is 2.11. The third-order valence-corrected chi connectivity index (χ3v) is 2.65. The van der Waals surface area contributed by atoms with Gasteiger partial charge in [-0.3, -0.25) is 9.69 Å². The first-order chi connectivity index (χ1) is 8.80. The molecule has 0 radical (unpaired) electrons. The van der Waals surface area contributed by atoms with E-state index in [4.69, 9.17) is 9.47 Å². The van der Waals surface area contributed by atoms with Crippen LogP contribution in [0.4, 0.5) is 4.79 Å². The van der Waals surface area contributed by atoms with E-state index in [-0.39, 0.29) is 18.6 Å². The minimum Gasteiger partial charge on any atom is -0.465 e. The maximum atomic E-state index is 11.6. The van der Waals surface area contributed by atoms with E-state index in [0.717, 1.165) is 13.0 Å². The molecule has 1 aliphatic heterocycles. The largest absolute Gasteiger partial charge is 0.465 e. The van der Waals surface area contributed by atoms with Crippen LogP contribution in [0, 0.1) is 0 Å². The van der Waals surface area contributed by atoms with Crippen LogP contribution < -0.4 is 5.32 Å². The fourth-order valence-electron chi connectivity index (χ4n) is 1.96. The highest BCUT2D eigenvalue weighted by Gasteiger charge is 2.27. The van der Waals surface area contributed by atoms with Crippen molar-refractivity contribution in [3.05, 3.63) is 0 Å². The number of esters is 1. The van der Waals surface area contributed by atoms with Crippen molar-refractivity contribution in [1.29, 1.82) is 0 Å². The Labute approximate surface area is 114 Å². The lowest BCUT2D eigenvalue weighted by atomic mass is 10.2. The summed E-state index contributed by atoms with van der Waals surface area (Å²) in [5.74, 6) is -0.222. The van der Waals surface area contributed by atoms with Gasteiger partial charge >= 0.3 is 12.1 Å². The van der Waals surface area contributed by atoms with Gasteiger partial charge in [-0.05, 0) is 34.1 Å². The third kappa shape index (κ3) is 6.42. The molecule has 1 unspecified atom stereocenters. The fraction of sp³-hybridized carbons (Fsp3) is 0.846. The van der Waals surface area contributed by atoms with Crippen molar-refractivity contribution in [3.8, 4) is 0 Å². The van der Waals surface area contributed by atoms with Gasteiger partial charge in [-0.25, -0.2) is 4.79 Å². The summed E-state index contributed by atoms with van der Waals surface area (Å²) < 4.78 is 10.1. The molecule has 0 aromatic carbocycles. The van der Waals surface area contributed by atoms with Gasteiger partial charge in [-0.2, -0.15) is 0 Å².